The van der Waals surface area contributed by atoms with E-state index in [4.69, 9.17) is 4.74 Å². The summed E-state index contributed by atoms with van der Waals surface area (Å²) >= 11 is 0. The number of carbonyl (C=O) groups excluding carboxylic acids is 2. The molecule has 6 nitrogen and oxygen atoms in total. The molecule has 73 heavy (non-hydrogen) atoms. The number of aliphatic hydroxyl groups is 2. The SMILES string of the molecule is CCCCC/C=C\C/C=C\CCCCCCCCCCCC(=O)OCCCCC/C=C\C=C/CCCCCCCCC(=O)NC(CO)C(O)/C=C/CCCCCCCCCCCCCCCCCCCCCC. The molecule has 3 N–H and O–H groups in total. The Labute approximate surface area is 454 Å². The van der Waals surface area contributed by atoms with Crippen molar-refractivity contribution in [3.63, 3.8) is 0 Å². The van der Waals surface area contributed by atoms with E-state index in [-0.39, 0.29) is 18.5 Å². The molecule has 0 saturated carbocycles. The minimum atomic E-state index is -0.862. The third-order valence-electron chi connectivity index (χ3n) is 14.5. The summed E-state index contributed by atoms with van der Waals surface area (Å²) in [6, 6.07) is -0.647. The van der Waals surface area contributed by atoms with E-state index in [9.17, 15) is 19.8 Å². The predicted molar refractivity (Wildman–Crippen MR) is 319 cm³/mol. The number of ether oxygens (including phenoxy) is 1. The first-order chi connectivity index (χ1) is 36.0. The second-order valence-electron chi connectivity index (χ2n) is 21.8. The highest BCUT2D eigenvalue weighted by molar-refractivity contribution is 5.76. The van der Waals surface area contributed by atoms with E-state index >= 15 is 0 Å². The molecule has 2 unspecified atom stereocenters. The number of aliphatic hydroxyl groups excluding tert-OH is 2. The van der Waals surface area contributed by atoms with E-state index in [1.165, 1.54) is 218 Å². The van der Waals surface area contributed by atoms with E-state index in [0.29, 0.717) is 19.4 Å². The van der Waals surface area contributed by atoms with Crippen LogP contribution in [0.3, 0.4) is 0 Å². The van der Waals surface area contributed by atoms with Gasteiger partial charge in [-0.15, -0.1) is 0 Å². The maximum atomic E-state index is 12.5. The molecular formula is C67H123NO5. The first kappa shape index (κ1) is 70.6. The second kappa shape index (κ2) is 62.1. The third kappa shape index (κ3) is 58.7. The first-order valence-electron chi connectivity index (χ1n) is 32.1. The maximum absolute atomic E-state index is 12.5. The summed E-state index contributed by atoms with van der Waals surface area (Å²) in [5.41, 5.74) is 0. The molecule has 6 heteroatoms. The molecule has 0 aromatic heterocycles. The van der Waals surface area contributed by atoms with Gasteiger partial charge in [-0.2, -0.15) is 0 Å². The molecule has 0 spiro atoms. The molecule has 0 radical (unpaired) electrons. The van der Waals surface area contributed by atoms with Crippen molar-refractivity contribution in [2.24, 2.45) is 0 Å². The van der Waals surface area contributed by atoms with Gasteiger partial charge in [0.15, 0.2) is 0 Å². The van der Waals surface area contributed by atoms with Crippen LogP contribution in [0, 0.1) is 0 Å². The Kier molecular flexibility index (Phi) is 60.0. The highest BCUT2D eigenvalue weighted by Gasteiger charge is 2.18. The Balaban J connectivity index is 3.54. The summed E-state index contributed by atoms with van der Waals surface area (Å²) in [5, 5.41) is 23.2. The third-order valence-corrected chi connectivity index (χ3v) is 14.5. The van der Waals surface area contributed by atoms with Crippen LogP contribution in [0.1, 0.15) is 328 Å². The standard InChI is InChI=1S/C67H123NO5/c1-3-5-7-9-11-13-15-17-19-21-23-24-25-27-28-31-35-39-43-47-51-55-59-65(70)64(63-69)68-66(71)60-56-52-48-44-40-36-32-30-34-38-42-46-50-54-58-62-73-67(72)61-57-53-49-45-41-37-33-29-26-22-20-18-16-14-12-10-8-6-4-2/h12,14,18,20,30,34,38,42,55,59,64-65,69-70H,3-11,13,15-17,19,21-29,31-33,35-37,39-41,43-54,56-58,60-63H2,1-2H3,(H,68,71)/b14-12-,20-18-,34-30-,42-38-,59-55+. The molecule has 0 aliphatic rings. The van der Waals surface area contributed by atoms with Crippen molar-refractivity contribution >= 4 is 11.9 Å². The van der Waals surface area contributed by atoms with Gasteiger partial charge in [0.25, 0.3) is 0 Å². The Hall–Kier alpha value is -2.44. The van der Waals surface area contributed by atoms with E-state index in [1.54, 1.807) is 6.08 Å². The average Bonchev–Trinajstić information content (AvgIpc) is 3.39. The van der Waals surface area contributed by atoms with Gasteiger partial charge in [0, 0.05) is 12.8 Å². The molecule has 0 aromatic rings. The zero-order valence-corrected chi connectivity index (χ0v) is 48.6. The molecule has 0 heterocycles. The number of unbranched alkanes of at least 4 members (excludes halogenated alkanes) is 41. The van der Waals surface area contributed by atoms with Gasteiger partial charge in [-0.25, -0.2) is 0 Å². The number of carbonyl (C=O) groups is 2. The van der Waals surface area contributed by atoms with E-state index in [1.807, 2.05) is 6.08 Å². The van der Waals surface area contributed by atoms with Crippen LogP contribution in [0.25, 0.3) is 0 Å². The lowest BCUT2D eigenvalue weighted by molar-refractivity contribution is -0.143. The molecular weight excluding hydrogens is 899 g/mol. The van der Waals surface area contributed by atoms with Gasteiger partial charge in [0.2, 0.25) is 5.91 Å². The van der Waals surface area contributed by atoms with Crippen LogP contribution in [0.15, 0.2) is 60.8 Å². The quantitative estimate of drug-likeness (QED) is 0.0244. The molecule has 0 bridgehead atoms. The van der Waals surface area contributed by atoms with Crippen molar-refractivity contribution in [3.05, 3.63) is 60.8 Å². The number of esters is 1. The van der Waals surface area contributed by atoms with Gasteiger partial charge in [-0.1, -0.05) is 280 Å². The smallest absolute Gasteiger partial charge is 0.305 e. The molecule has 0 saturated heterocycles. The van der Waals surface area contributed by atoms with Crippen molar-refractivity contribution < 1.29 is 24.5 Å². The van der Waals surface area contributed by atoms with Crippen LogP contribution in [0.4, 0.5) is 0 Å². The normalized spacial score (nSPS) is 13.0. The zero-order chi connectivity index (χ0) is 52.9. The summed E-state index contributed by atoms with van der Waals surface area (Å²) in [6.45, 7) is 4.84. The minimum absolute atomic E-state index is 0.0267. The number of allylic oxidation sites excluding steroid dienone is 9. The molecule has 0 aromatic carbocycles. The lowest BCUT2D eigenvalue weighted by Gasteiger charge is -2.20. The minimum Gasteiger partial charge on any atom is -0.466 e. The highest BCUT2D eigenvalue weighted by Crippen LogP contribution is 2.17. The largest absolute Gasteiger partial charge is 0.466 e. The fraction of sp³-hybridized carbons (Fsp3) is 0.821. The molecule has 0 aliphatic heterocycles. The van der Waals surface area contributed by atoms with Gasteiger partial charge in [-0.05, 0) is 96.3 Å². The Morgan fingerprint density at radius 3 is 1.15 bits per heavy atom. The summed E-state index contributed by atoms with van der Waals surface area (Å²) in [7, 11) is 0. The monoisotopic (exact) mass is 1020 g/mol. The van der Waals surface area contributed by atoms with Crippen molar-refractivity contribution in [1.29, 1.82) is 0 Å². The summed E-state index contributed by atoms with van der Waals surface area (Å²) in [5.74, 6) is -0.116. The summed E-state index contributed by atoms with van der Waals surface area (Å²) in [4.78, 5) is 24.6. The first-order valence-corrected chi connectivity index (χ1v) is 32.1. The number of rotatable bonds is 59. The highest BCUT2D eigenvalue weighted by atomic mass is 16.5. The number of hydrogen-bond acceptors (Lipinski definition) is 5. The Morgan fingerprint density at radius 2 is 0.726 bits per heavy atom. The molecule has 0 fully saturated rings. The zero-order valence-electron chi connectivity index (χ0n) is 48.6. The molecule has 2 atom stereocenters. The number of hydrogen-bond donors (Lipinski definition) is 3. The van der Waals surface area contributed by atoms with E-state index in [0.717, 1.165) is 83.5 Å². The van der Waals surface area contributed by atoms with Crippen LogP contribution >= 0.6 is 0 Å². The fourth-order valence-corrected chi connectivity index (χ4v) is 9.60. The van der Waals surface area contributed by atoms with Crippen molar-refractivity contribution in [2.75, 3.05) is 13.2 Å². The van der Waals surface area contributed by atoms with Crippen LogP contribution in [0.5, 0.6) is 0 Å². The second-order valence-corrected chi connectivity index (χ2v) is 21.8. The molecule has 0 aliphatic carbocycles. The van der Waals surface area contributed by atoms with Gasteiger partial charge < -0.3 is 20.3 Å². The summed E-state index contributed by atoms with van der Waals surface area (Å²) < 4.78 is 5.46. The van der Waals surface area contributed by atoms with Crippen molar-refractivity contribution in [2.45, 2.75) is 341 Å². The van der Waals surface area contributed by atoms with E-state index in [2.05, 4.69) is 67.8 Å². The van der Waals surface area contributed by atoms with Crippen molar-refractivity contribution in [1.82, 2.24) is 5.32 Å². The van der Waals surface area contributed by atoms with Crippen LogP contribution in [0.2, 0.25) is 0 Å². The molecule has 1 amide bonds. The fourth-order valence-electron chi connectivity index (χ4n) is 9.60. The van der Waals surface area contributed by atoms with Crippen LogP contribution < -0.4 is 5.32 Å². The number of amides is 1. The van der Waals surface area contributed by atoms with Crippen LogP contribution in [-0.2, 0) is 14.3 Å². The number of nitrogens with one attached hydrogen (secondary N) is 1. The van der Waals surface area contributed by atoms with Gasteiger partial charge in [0.1, 0.15) is 0 Å². The average molecular weight is 1020 g/mol. The Bertz CT molecular complexity index is 1270. The maximum Gasteiger partial charge on any atom is 0.305 e. The van der Waals surface area contributed by atoms with Gasteiger partial charge in [-0.3, -0.25) is 9.59 Å². The molecule has 0 rings (SSSR count). The van der Waals surface area contributed by atoms with E-state index < -0.39 is 12.1 Å². The molecule has 426 valence electrons. The van der Waals surface area contributed by atoms with Crippen molar-refractivity contribution in [3.8, 4) is 0 Å². The van der Waals surface area contributed by atoms with Gasteiger partial charge >= 0.3 is 5.97 Å². The van der Waals surface area contributed by atoms with Crippen LogP contribution in [-0.4, -0.2) is 47.4 Å². The Morgan fingerprint density at radius 1 is 0.397 bits per heavy atom. The lowest BCUT2D eigenvalue weighted by Crippen LogP contribution is -2.45. The van der Waals surface area contributed by atoms with Gasteiger partial charge in [0.05, 0.1) is 25.4 Å². The topological polar surface area (TPSA) is 95.9 Å². The summed E-state index contributed by atoms with van der Waals surface area (Å²) in [6.07, 6.45) is 81.2. The lowest BCUT2D eigenvalue weighted by atomic mass is 10.0. The predicted octanol–water partition coefficient (Wildman–Crippen LogP) is 20.3.